The first-order chi connectivity index (χ1) is 19.8. The molecule has 3 heterocycles. The van der Waals surface area contributed by atoms with Crippen LogP contribution in [0.2, 0.25) is 0 Å². The van der Waals surface area contributed by atoms with Crippen molar-refractivity contribution in [2.24, 2.45) is 5.92 Å². The van der Waals surface area contributed by atoms with Crippen LogP contribution in [0.1, 0.15) is 42.8 Å². The zero-order chi connectivity index (χ0) is 30.7. The number of furan rings is 1. The van der Waals surface area contributed by atoms with Gasteiger partial charge in [0.25, 0.3) is 15.9 Å². The van der Waals surface area contributed by atoms with E-state index in [2.05, 4.69) is 15.6 Å². The molecule has 0 saturated carbocycles. The van der Waals surface area contributed by atoms with Crippen molar-refractivity contribution in [2.45, 2.75) is 50.0 Å². The number of amides is 2. The molecule has 4 rings (SSSR count). The van der Waals surface area contributed by atoms with Gasteiger partial charge in [-0.3, -0.25) is 14.4 Å². The Bertz CT molecular complexity index is 1560. The molecule has 42 heavy (non-hydrogen) atoms. The highest BCUT2D eigenvalue weighted by Gasteiger charge is 2.35. The molecule has 2 amide bonds. The highest BCUT2D eigenvalue weighted by Crippen LogP contribution is 2.32. The molecule has 1 aromatic carbocycles. The van der Waals surface area contributed by atoms with E-state index < -0.39 is 63.9 Å². The third-order valence-electron chi connectivity index (χ3n) is 6.72. The van der Waals surface area contributed by atoms with Gasteiger partial charge in [-0.15, -0.1) is 0 Å². The van der Waals surface area contributed by atoms with E-state index in [0.29, 0.717) is 6.42 Å². The molecule has 1 fully saturated rings. The minimum absolute atomic E-state index is 0.0334. The summed E-state index contributed by atoms with van der Waals surface area (Å²) in [5, 5.41) is 5.01. The average molecular weight is 607 g/mol. The quantitative estimate of drug-likeness (QED) is 0.399. The van der Waals surface area contributed by atoms with E-state index in [1.807, 2.05) is 0 Å². The lowest BCUT2D eigenvalue weighted by atomic mass is 10.0. The zero-order valence-corrected chi connectivity index (χ0v) is 23.5. The van der Waals surface area contributed by atoms with Gasteiger partial charge in [-0.1, -0.05) is 32.0 Å². The summed E-state index contributed by atoms with van der Waals surface area (Å²) >= 11 is 0. The summed E-state index contributed by atoms with van der Waals surface area (Å²) in [4.78, 5) is 43.0. The maximum atomic E-state index is 13.2. The van der Waals surface area contributed by atoms with Gasteiger partial charge in [0, 0.05) is 18.3 Å². The highest BCUT2D eigenvalue weighted by molar-refractivity contribution is 7.89. The maximum Gasteiger partial charge on any atom is 0.416 e. The van der Waals surface area contributed by atoms with Gasteiger partial charge in [-0.05, 0) is 55.2 Å². The molecule has 2 unspecified atom stereocenters. The third kappa shape index (κ3) is 7.05. The fourth-order valence-corrected chi connectivity index (χ4v) is 5.83. The Hall–Kier alpha value is -4.04. The van der Waals surface area contributed by atoms with E-state index in [9.17, 15) is 36.0 Å². The molecule has 2 N–H and O–H groups in total. The number of pyridine rings is 1. The lowest BCUT2D eigenvalue weighted by Gasteiger charge is -2.24. The average Bonchev–Trinajstić information content (AvgIpc) is 3.37. The van der Waals surface area contributed by atoms with Crippen LogP contribution in [0, 0.1) is 5.92 Å². The molecule has 2 atom stereocenters. The van der Waals surface area contributed by atoms with Crippen molar-refractivity contribution in [1.29, 1.82) is 0 Å². The largest absolute Gasteiger partial charge is 0.451 e. The summed E-state index contributed by atoms with van der Waals surface area (Å²) in [6.45, 7) is 2.97. The van der Waals surface area contributed by atoms with Crippen LogP contribution in [-0.4, -0.2) is 60.5 Å². The van der Waals surface area contributed by atoms with Crippen LogP contribution < -0.4 is 10.6 Å². The summed E-state index contributed by atoms with van der Waals surface area (Å²) in [6, 6.07) is 9.45. The Kier molecular flexibility index (Phi) is 9.16. The molecule has 2 aromatic heterocycles. The van der Waals surface area contributed by atoms with E-state index in [4.69, 9.17) is 4.42 Å². The molecule has 1 aliphatic heterocycles. The van der Waals surface area contributed by atoms with Crippen LogP contribution in [-0.2, 0) is 25.8 Å². The van der Waals surface area contributed by atoms with Crippen LogP contribution in [0.15, 0.2) is 70.2 Å². The van der Waals surface area contributed by atoms with Crippen molar-refractivity contribution in [3.63, 3.8) is 0 Å². The van der Waals surface area contributed by atoms with Gasteiger partial charge in [0.15, 0.2) is 16.6 Å². The fraction of sp³-hybridized carbons (Fsp3) is 0.357. The summed E-state index contributed by atoms with van der Waals surface area (Å²) in [6.07, 6.45) is -2.72. The molecule has 0 aliphatic carbocycles. The van der Waals surface area contributed by atoms with Gasteiger partial charge in [0.2, 0.25) is 5.91 Å². The summed E-state index contributed by atoms with van der Waals surface area (Å²) in [7, 11) is -4.01. The predicted molar refractivity (Wildman–Crippen MR) is 144 cm³/mol. The van der Waals surface area contributed by atoms with Gasteiger partial charge < -0.3 is 15.1 Å². The summed E-state index contributed by atoms with van der Waals surface area (Å²) < 4.78 is 71.6. The molecule has 0 spiro atoms. The predicted octanol–water partition coefficient (Wildman–Crippen LogP) is 3.65. The minimum Gasteiger partial charge on any atom is -0.451 e. The number of carbonyl (C=O) groups is 3. The number of rotatable bonds is 8. The molecule has 1 aliphatic rings. The first-order valence-electron chi connectivity index (χ1n) is 13.1. The van der Waals surface area contributed by atoms with Gasteiger partial charge in [-0.25, -0.2) is 13.4 Å². The molecule has 1 saturated heterocycles. The molecule has 0 radical (unpaired) electrons. The van der Waals surface area contributed by atoms with Crippen LogP contribution in [0.5, 0.6) is 0 Å². The van der Waals surface area contributed by atoms with Crippen molar-refractivity contribution in [3.8, 4) is 11.3 Å². The number of nitrogens with zero attached hydrogens (tertiary/aromatic N) is 2. The highest BCUT2D eigenvalue weighted by atomic mass is 32.2. The zero-order valence-electron chi connectivity index (χ0n) is 22.7. The Morgan fingerprint density at radius 1 is 1.10 bits per heavy atom. The van der Waals surface area contributed by atoms with Crippen LogP contribution >= 0.6 is 0 Å². The molecular weight excluding hydrogens is 577 g/mol. The normalized spacial score (nSPS) is 17.5. The number of carbonyl (C=O) groups excluding carboxylic acids is 3. The van der Waals surface area contributed by atoms with Gasteiger partial charge in [-0.2, -0.15) is 17.5 Å². The van der Waals surface area contributed by atoms with E-state index in [1.165, 1.54) is 42.6 Å². The summed E-state index contributed by atoms with van der Waals surface area (Å²) in [5.41, 5.74) is -0.752. The number of sulfonamides is 1. The number of nitrogens with one attached hydrogen (secondary N) is 2. The standard InChI is InChI=1S/C28H29F3N4O6S/c1-17(2)25(34-26(37)23-12-11-22(41-23)18-7-5-8-19(15-18)28(29,30)31)27(38)33-20-9-6-14-35(16-21(20)36)42(39,40)24-10-3-4-13-32-24/h3-5,7-8,10-13,15,17,20,25H,6,9,14,16H2,1-2H3,(H,33,38)(H,34,37). The second-order valence-corrected chi connectivity index (χ2v) is 12.0. The maximum absolute atomic E-state index is 13.2. The van der Waals surface area contributed by atoms with E-state index >= 15 is 0 Å². The Labute approximate surface area is 240 Å². The summed E-state index contributed by atoms with van der Waals surface area (Å²) in [5.74, 6) is -2.54. The molecule has 0 bridgehead atoms. The smallest absolute Gasteiger partial charge is 0.416 e. The Morgan fingerprint density at radius 3 is 2.52 bits per heavy atom. The fourth-order valence-electron chi connectivity index (χ4n) is 4.46. The number of hydrogen-bond donors (Lipinski definition) is 2. The topological polar surface area (TPSA) is 139 Å². The number of ketones is 1. The number of hydrogen-bond acceptors (Lipinski definition) is 7. The van der Waals surface area contributed by atoms with Crippen molar-refractivity contribution >= 4 is 27.6 Å². The molecule has 224 valence electrons. The van der Waals surface area contributed by atoms with Crippen molar-refractivity contribution in [2.75, 3.05) is 13.1 Å². The Morgan fingerprint density at radius 2 is 1.86 bits per heavy atom. The van der Waals surface area contributed by atoms with Gasteiger partial charge in [0.05, 0.1) is 18.2 Å². The molecule has 3 aromatic rings. The minimum atomic E-state index is -4.55. The van der Waals surface area contributed by atoms with Gasteiger partial charge >= 0.3 is 6.18 Å². The third-order valence-corrected chi connectivity index (χ3v) is 8.48. The van der Waals surface area contributed by atoms with Crippen LogP contribution in [0.25, 0.3) is 11.3 Å². The second kappa shape index (κ2) is 12.4. The number of benzene rings is 1. The lowest BCUT2D eigenvalue weighted by Crippen LogP contribution is -2.54. The second-order valence-electron chi connectivity index (χ2n) is 10.1. The van der Waals surface area contributed by atoms with Crippen molar-refractivity contribution < 1.29 is 40.4 Å². The van der Waals surface area contributed by atoms with Crippen molar-refractivity contribution in [1.82, 2.24) is 19.9 Å². The molecule has 14 heteroatoms. The SMILES string of the molecule is CC(C)C(NC(=O)c1ccc(-c2cccc(C(F)(F)F)c2)o1)C(=O)NC1CCCN(S(=O)(=O)c2ccccn2)CC1=O. The Balaban J connectivity index is 1.42. The van der Waals surface area contributed by atoms with Crippen molar-refractivity contribution in [3.05, 3.63) is 72.1 Å². The van der Waals surface area contributed by atoms with Crippen LogP contribution in [0.4, 0.5) is 13.2 Å². The first-order valence-corrected chi connectivity index (χ1v) is 14.5. The van der Waals surface area contributed by atoms with Crippen LogP contribution in [0.3, 0.4) is 0 Å². The van der Waals surface area contributed by atoms with Gasteiger partial charge in [0.1, 0.15) is 11.8 Å². The van der Waals surface area contributed by atoms with E-state index in [-0.39, 0.29) is 35.1 Å². The van der Waals surface area contributed by atoms with E-state index in [0.717, 1.165) is 16.4 Å². The van der Waals surface area contributed by atoms with E-state index in [1.54, 1.807) is 19.9 Å². The number of alkyl halides is 3. The first kappa shape index (κ1) is 30.9. The monoisotopic (exact) mass is 606 g/mol. The number of Topliss-reactive ketones (excluding diaryl/α,β-unsaturated/α-hetero) is 1. The lowest BCUT2D eigenvalue weighted by molar-refractivity contribution is -0.137. The number of halogens is 3. The molecule has 10 nitrogen and oxygen atoms in total. The molecular formula is C28H29F3N4O6S. The number of aromatic nitrogens is 1.